The molecule has 1 rings (SSSR count). The van der Waals surface area contributed by atoms with Gasteiger partial charge < -0.3 is 0 Å². The number of hydrogen-bond acceptors (Lipinski definition) is 2. The summed E-state index contributed by atoms with van der Waals surface area (Å²) in [5.74, 6) is 0. The Hall–Kier alpha value is 0.140. The van der Waals surface area contributed by atoms with Gasteiger partial charge in [-0.1, -0.05) is 39.1 Å². The third-order valence-electron chi connectivity index (χ3n) is 1.16. The van der Waals surface area contributed by atoms with Crippen LogP contribution in [-0.2, 0) is 6.42 Å². The Morgan fingerprint density at radius 3 is 2.73 bits per heavy atom. The molecule has 60 valence electrons. The van der Waals surface area contributed by atoms with Gasteiger partial charge in [0.25, 0.3) is 0 Å². The third-order valence-corrected chi connectivity index (χ3v) is 2.06. The molecule has 0 saturated heterocycles. The molecular weight excluding hydrogens is 251 g/mol. The van der Waals surface area contributed by atoms with Gasteiger partial charge in [0, 0.05) is 5.33 Å². The quantitative estimate of drug-likeness (QED) is 0.760. The molecule has 0 saturated carbocycles. The molecule has 0 aliphatic heterocycles. The van der Waals surface area contributed by atoms with E-state index < -0.39 is 0 Å². The minimum Gasteiger partial charge on any atom is -0.137 e. The SMILES string of the molecule is Clc1cc(CCBr)c(Cl)nn1. The molecule has 0 aromatic carbocycles. The second kappa shape index (κ2) is 4.24. The number of hydrogen-bond donors (Lipinski definition) is 0. The molecule has 1 aromatic heterocycles. The van der Waals surface area contributed by atoms with Crippen LogP contribution in [0, 0.1) is 0 Å². The zero-order chi connectivity index (χ0) is 8.27. The number of halogens is 3. The lowest BCUT2D eigenvalue weighted by Crippen LogP contribution is -1.92. The lowest BCUT2D eigenvalue weighted by molar-refractivity contribution is 0.989. The van der Waals surface area contributed by atoms with Crippen molar-refractivity contribution >= 4 is 39.1 Å². The maximum Gasteiger partial charge on any atom is 0.155 e. The Labute approximate surface area is 83.0 Å². The van der Waals surface area contributed by atoms with Gasteiger partial charge in [-0.15, -0.1) is 10.2 Å². The summed E-state index contributed by atoms with van der Waals surface area (Å²) in [5, 5.41) is 8.90. The van der Waals surface area contributed by atoms with E-state index in [-0.39, 0.29) is 0 Å². The molecule has 0 spiro atoms. The Kier molecular flexibility index (Phi) is 3.55. The van der Waals surface area contributed by atoms with Crippen LogP contribution in [0.3, 0.4) is 0 Å². The molecule has 1 aromatic rings. The molecule has 0 aliphatic rings. The van der Waals surface area contributed by atoms with E-state index in [1.807, 2.05) is 0 Å². The molecule has 0 fully saturated rings. The van der Waals surface area contributed by atoms with Crippen LogP contribution in [0.2, 0.25) is 10.3 Å². The molecule has 2 nitrogen and oxygen atoms in total. The summed E-state index contributed by atoms with van der Waals surface area (Å²) in [4.78, 5) is 0. The minimum absolute atomic E-state index is 0.380. The summed E-state index contributed by atoms with van der Waals surface area (Å²) in [6, 6.07) is 1.72. The highest BCUT2D eigenvalue weighted by Gasteiger charge is 2.02. The zero-order valence-corrected chi connectivity index (χ0v) is 8.62. The zero-order valence-electron chi connectivity index (χ0n) is 5.52. The lowest BCUT2D eigenvalue weighted by Gasteiger charge is -1.98. The van der Waals surface area contributed by atoms with E-state index in [2.05, 4.69) is 26.1 Å². The number of nitrogens with zero attached hydrogens (tertiary/aromatic N) is 2. The molecule has 5 heteroatoms. The fraction of sp³-hybridized carbons (Fsp3) is 0.333. The van der Waals surface area contributed by atoms with E-state index in [0.717, 1.165) is 17.3 Å². The van der Waals surface area contributed by atoms with Crippen LogP contribution in [0.25, 0.3) is 0 Å². The standard InChI is InChI=1S/C6H5BrCl2N2/c7-2-1-4-3-5(8)10-11-6(4)9/h3H,1-2H2. The van der Waals surface area contributed by atoms with Gasteiger partial charge in [-0.2, -0.15) is 0 Å². The number of rotatable bonds is 2. The fourth-order valence-electron chi connectivity index (χ4n) is 0.665. The predicted molar refractivity (Wildman–Crippen MR) is 49.6 cm³/mol. The summed E-state index contributed by atoms with van der Waals surface area (Å²) in [5.41, 5.74) is 0.920. The van der Waals surface area contributed by atoms with Gasteiger partial charge in [-0.05, 0) is 18.1 Å². The highest BCUT2D eigenvalue weighted by Crippen LogP contribution is 2.16. The van der Waals surface area contributed by atoms with Crippen molar-refractivity contribution in [3.8, 4) is 0 Å². The van der Waals surface area contributed by atoms with Gasteiger partial charge in [0.2, 0.25) is 0 Å². The van der Waals surface area contributed by atoms with E-state index in [4.69, 9.17) is 23.2 Å². The van der Waals surface area contributed by atoms with Crippen molar-refractivity contribution < 1.29 is 0 Å². The van der Waals surface area contributed by atoms with Crippen molar-refractivity contribution in [2.45, 2.75) is 6.42 Å². The van der Waals surface area contributed by atoms with Crippen LogP contribution >= 0.6 is 39.1 Å². The topological polar surface area (TPSA) is 25.8 Å². The summed E-state index contributed by atoms with van der Waals surface area (Å²) in [6.45, 7) is 0. The van der Waals surface area contributed by atoms with Crippen LogP contribution in [0.15, 0.2) is 6.07 Å². The maximum atomic E-state index is 5.72. The first-order valence-electron chi connectivity index (χ1n) is 2.97. The molecule has 0 radical (unpaired) electrons. The molecule has 11 heavy (non-hydrogen) atoms. The average molecular weight is 256 g/mol. The summed E-state index contributed by atoms with van der Waals surface area (Å²) in [6.07, 6.45) is 0.814. The van der Waals surface area contributed by atoms with Crippen molar-refractivity contribution in [2.24, 2.45) is 0 Å². The van der Waals surface area contributed by atoms with Gasteiger partial charge in [-0.25, -0.2) is 0 Å². The number of aryl methyl sites for hydroxylation is 1. The lowest BCUT2D eigenvalue weighted by atomic mass is 10.2. The van der Waals surface area contributed by atoms with Crippen LogP contribution in [-0.4, -0.2) is 15.5 Å². The van der Waals surface area contributed by atoms with Crippen LogP contribution in [0.5, 0.6) is 0 Å². The molecule has 1 heterocycles. The van der Waals surface area contributed by atoms with Crippen LogP contribution in [0.1, 0.15) is 5.56 Å². The van der Waals surface area contributed by atoms with Crippen molar-refractivity contribution in [2.75, 3.05) is 5.33 Å². The van der Waals surface area contributed by atoms with E-state index >= 15 is 0 Å². The molecule has 0 atom stereocenters. The van der Waals surface area contributed by atoms with Gasteiger partial charge in [0.05, 0.1) is 0 Å². The molecule has 0 unspecified atom stereocenters. The first kappa shape index (κ1) is 9.23. The average Bonchev–Trinajstić information content (AvgIpc) is 1.98. The summed E-state index contributed by atoms with van der Waals surface area (Å²) < 4.78 is 0. The maximum absolute atomic E-state index is 5.72. The van der Waals surface area contributed by atoms with Crippen molar-refractivity contribution in [3.63, 3.8) is 0 Å². The molecule has 0 bridgehead atoms. The van der Waals surface area contributed by atoms with Crippen molar-refractivity contribution in [3.05, 3.63) is 21.9 Å². The molecule has 0 aliphatic carbocycles. The van der Waals surface area contributed by atoms with Gasteiger partial charge in [0.1, 0.15) is 0 Å². The van der Waals surface area contributed by atoms with E-state index in [1.54, 1.807) is 6.07 Å². The Morgan fingerprint density at radius 2 is 2.09 bits per heavy atom. The van der Waals surface area contributed by atoms with Crippen molar-refractivity contribution in [1.82, 2.24) is 10.2 Å². The Bertz CT molecular complexity index is 254. The first-order valence-corrected chi connectivity index (χ1v) is 4.85. The monoisotopic (exact) mass is 254 g/mol. The number of aromatic nitrogens is 2. The molecular formula is C6H5BrCl2N2. The summed E-state index contributed by atoms with van der Waals surface area (Å²) in [7, 11) is 0. The largest absolute Gasteiger partial charge is 0.155 e. The van der Waals surface area contributed by atoms with E-state index in [1.165, 1.54) is 0 Å². The Morgan fingerprint density at radius 1 is 1.36 bits per heavy atom. The van der Waals surface area contributed by atoms with Crippen molar-refractivity contribution in [1.29, 1.82) is 0 Å². The fourth-order valence-corrected chi connectivity index (χ4v) is 1.45. The van der Waals surface area contributed by atoms with E-state index in [9.17, 15) is 0 Å². The second-order valence-corrected chi connectivity index (χ2v) is 3.46. The second-order valence-electron chi connectivity index (χ2n) is 1.92. The molecule has 0 amide bonds. The normalized spacial score (nSPS) is 10.1. The van der Waals surface area contributed by atoms with E-state index in [0.29, 0.717) is 10.3 Å². The van der Waals surface area contributed by atoms with Crippen LogP contribution < -0.4 is 0 Å². The highest BCUT2D eigenvalue weighted by molar-refractivity contribution is 9.09. The van der Waals surface area contributed by atoms with Crippen LogP contribution in [0.4, 0.5) is 0 Å². The minimum atomic E-state index is 0.380. The molecule has 0 N–H and O–H groups in total. The first-order chi connectivity index (χ1) is 5.24. The van der Waals surface area contributed by atoms with Gasteiger partial charge in [-0.3, -0.25) is 0 Å². The smallest absolute Gasteiger partial charge is 0.137 e. The highest BCUT2D eigenvalue weighted by atomic mass is 79.9. The summed E-state index contributed by atoms with van der Waals surface area (Å²) >= 11 is 14.6. The Balaban J connectivity index is 2.93. The van der Waals surface area contributed by atoms with Gasteiger partial charge >= 0.3 is 0 Å². The third kappa shape index (κ3) is 2.58. The number of alkyl halides is 1. The van der Waals surface area contributed by atoms with Gasteiger partial charge in [0.15, 0.2) is 10.3 Å². The predicted octanol–water partition coefficient (Wildman–Crippen LogP) is 2.72.